The third-order valence-electron chi connectivity index (χ3n) is 4.87. The van der Waals surface area contributed by atoms with Crippen molar-refractivity contribution in [1.82, 2.24) is 4.98 Å². The number of amides is 2. The summed E-state index contributed by atoms with van der Waals surface area (Å²) in [5.41, 5.74) is 2.63. The van der Waals surface area contributed by atoms with Crippen LogP contribution in [0.1, 0.15) is 5.56 Å². The van der Waals surface area contributed by atoms with Crippen LogP contribution in [0.3, 0.4) is 0 Å². The Labute approximate surface area is 219 Å². The van der Waals surface area contributed by atoms with Gasteiger partial charge in [-0.1, -0.05) is 41.9 Å². The van der Waals surface area contributed by atoms with Crippen LogP contribution in [-0.4, -0.2) is 27.5 Å². The monoisotopic (exact) mass is 538 g/mol. The van der Waals surface area contributed by atoms with E-state index in [1.165, 1.54) is 35.2 Å². The van der Waals surface area contributed by atoms with E-state index >= 15 is 0 Å². The number of nitro groups is 1. The van der Waals surface area contributed by atoms with Gasteiger partial charge in [0.05, 0.1) is 22.8 Å². The molecule has 4 rings (SSSR count). The van der Waals surface area contributed by atoms with Crippen LogP contribution in [0.15, 0.2) is 83.1 Å². The first kappa shape index (κ1) is 25.4. The topological polar surface area (TPSA) is 114 Å². The molecule has 0 bridgehead atoms. The van der Waals surface area contributed by atoms with Gasteiger partial charge in [0.15, 0.2) is 5.13 Å². The standard InChI is InChI=1S/C25H19ClN4O4S2/c26-18-9-7-16(8-10-18)11-23(31)27-19-4-2-6-21(13-19)35-15-24(32)29-25-28-22(14-36-25)17-3-1-5-20(12-17)30(33)34/h1-10,12-14H,11,15H2,(H,27,31)(H,28,29,32). The van der Waals surface area contributed by atoms with Gasteiger partial charge in [0.25, 0.3) is 5.69 Å². The van der Waals surface area contributed by atoms with Crippen LogP contribution in [0.4, 0.5) is 16.5 Å². The predicted octanol–water partition coefficient (Wildman–Crippen LogP) is 6.28. The lowest BCUT2D eigenvalue weighted by Gasteiger charge is -2.08. The largest absolute Gasteiger partial charge is 0.326 e. The fraction of sp³-hybridized carbons (Fsp3) is 0.0800. The fourth-order valence-electron chi connectivity index (χ4n) is 3.20. The van der Waals surface area contributed by atoms with E-state index in [0.717, 1.165) is 10.5 Å². The number of hydrogen-bond donors (Lipinski definition) is 2. The number of nitrogens with one attached hydrogen (secondary N) is 2. The summed E-state index contributed by atoms with van der Waals surface area (Å²) >= 11 is 8.45. The highest BCUT2D eigenvalue weighted by atomic mass is 35.5. The molecule has 0 aliphatic heterocycles. The fourth-order valence-corrected chi connectivity index (χ4v) is 4.82. The van der Waals surface area contributed by atoms with Crippen LogP contribution >= 0.6 is 34.7 Å². The summed E-state index contributed by atoms with van der Waals surface area (Å²) < 4.78 is 0. The van der Waals surface area contributed by atoms with E-state index in [1.807, 2.05) is 30.3 Å². The lowest BCUT2D eigenvalue weighted by atomic mass is 10.1. The minimum Gasteiger partial charge on any atom is -0.326 e. The highest BCUT2D eigenvalue weighted by Gasteiger charge is 2.12. The van der Waals surface area contributed by atoms with E-state index in [2.05, 4.69) is 15.6 Å². The number of thiazole rings is 1. The van der Waals surface area contributed by atoms with Gasteiger partial charge in [0, 0.05) is 38.7 Å². The molecule has 2 amide bonds. The molecular formula is C25H19ClN4O4S2. The maximum absolute atomic E-state index is 12.4. The smallest absolute Gasteiger partial charge is 0.270 e. The van der Waals surface area contributed by atoms with Gasteiger partial charge in [0.1, 0.15) is 0 Å². The number of aromatic nitrogens is 1. The lowest BCUT2D eigenvalue weighted by Crippen LogP contribution is -2.15. The summed E-state index contributed by atoms with van der Waals surface area (Å²) in [5.74, 6) is -0.244. The summed E-state index contributed by atoms with van der Waals surface area (Å²) in [6, 6.07) is 20.5. The molecular weight excluding hydrogens is 520 g/mol. The molecule has 36 heavy (non-hydrogen) atoms. The summed E-state index contributed by atoms with van der Waals surface area (Å²) in [6.45, 7) is 0. The Morgan fingerprint density at radius 3 is 2.56 bits per heavy atom. The van der Waals surface area contributed by atoms with Crippen LogP contribution in [0.25, 0.3) is 11.3 Å². The number of carbonyl (C=O) groups is 2. The Bertz CT molecular complexity index is 1410. The molecule has 0 saturated heterocycles. The molecule has 0 radical (unpaired) electrons. The molecule has 182 valence electrons. The van der Waals surface area contributed by atoms with Crippen molar-refractivity contribution in [2.24, 2.45) is 0 Å². The first-order valence-corrected chi connectivity index (χ1v) is 12.9. The summed E-state index contributed by atoms with van der Waals surface area (Å²) in [4.78, 5) is 40.5. The maximum atomic E-state index is 12.4. The zero-order valence-corrected chi connectivity index (χ0v) is 21.0. The number of thioether (sulfide) groups is 1. The summed E-state index contributed by atoms with van der Waals surface area (Å²) in [5, 5.41) is 19.4. The molecule has 8 nitrogen and oxygen atoms in total. The number of halogens is 1. The minimum atomic E-state index is -0.462. The van der Waals surface area contributed by atoms with Crippen LogP contribution in [0, 0.1) is 10.1 Å². The van der Waals surface area contributed by atoms with Crippen molar-refractivity contribution >= 4 is 63.0 Å². The predicted molar refractivity (Wildman–Crippen MR) is 144 cm³/mol. The highest BCUT2D eigenvalue weighted by Crippen LogP contribution is 2.28. The Morgan fingerprint density at radius 1 is 1.00 bits per heavy atom. The molecule has 2 N–H and O–H groups in total. The number of anilines is 2. The summed E-state index contributed by atoms with van der Waals surface area (Å²) in [6.07, 6.45) is 0.225. The third-order valence-corrected chi connectivity index (χ3v) is 6.87. The zero-order chi connectivity index (χ0) is 25.5. The number of non-ortho nitro benzene ring substituents is 1. The molecule has 0 saturated carbocycles. The lowest BCUT2D eigenvalue weighted by molar-refractivity contribution is -0.384. The van der Waals surface area contributed by atoms with Gasteiger partial charge >= 0.3 is 0 Å². The van der Waals surface area contributed by atoms with E-state index in [4.69, 9.17) is 11.6 Å². The van der Waals surface area contributed by atoms with Gasteiger partial charge in [-0.05, 0) is 35.9 Å². The molecule has 1 aromatic heterocycles. The normalized spacial score (nSPS) is 10.6. The van der Waals surface area contributed by atoms with E-state index in [-0.39, 0.29) is 29.7 Å². The van der Waals surface area contributed by atoms with Gasteiger partial charge in [-0.15, -0.1) is 23.1 Å². The van der Waals surface area contributed by atoms with Crippen LogP contribution in [0.5, 0.6) is 0 Å². The number of nitrogens with zero attached hydrogens (tertiary/aromatic N) is 2. The zero-order valence-electron chi connectivity index (χ0n) is 18.6. The van der Waals surface area contributed by atoms with Crippen molar-refractivity contribution in [3.05, 3.63) is 98.9 Å². The number of hydrogen-bond acceptors (Lipinski definition) is 7. The number of benzene rings is 3. The minimum absolute atomic E-state index is 0.0223. The molecule has 0 fully saturated rings. The average Bonchev–Trinajstić information content (AvgIpc) is 3.33. The van der Waals surface area contributed by atoms with E-state index in [0.29, 0.717) is 27.1 Å². The van der Waals surface area contributed by atoms with Crippen molar-refractivity contribution in [1.29, 1.82) is 0 Å². The quantitative estimate of drug-likeness (QED) is 0.147. The van der Waals surface area contributed by atoms with Crippen molar-refractivity contribution in [2.45, 2.75) is 11.3 Å². The molecule has 3 aromatic carbocycles. The molecule has 0 unspecified atom stereocenters. The van der Waals surface area contributed by atoms with Crippen molar-refractivity contribution < 1.29 is 14.5 Å². The molecule has 0 spiro atoms. The Morgan fingerprint density at radius 2 is 1.78 bits per heavy atom. The van der Waals surface area contributed by atoms with Crippen LogP contribution in [-0.2, 0) is 16.0 Å². The van der Waals surface area contributed by atoms with Gasteiger partial charge in [-0.25, -0.2) is 4.98 Å². The first-order chi connectivity index (χ1) is 17.4. The number of carbonyl (C=O) groups excluding carboxylic acids is 2. The number of nitro benzene ring substituents is 1. The third kappa shape index (κ3) is 7.14. The van der Waals surface area contributed by atoms with Crippen molar-refractivity contribution in [3.8, 4) is 11.3 Å². The van der Waals surface area contributed by atoms with Crippen molar-refractivity contribution in [3.63, 3.8) is 0 Å². The van der Waals surface area contributed by atoms with Crippen LogP contribution in [0.2, 0.25) is 5.02 Å². The second kappa shape index (κ2) is 11.8. The average molecular weight is 539 g/mol. The molecule has 0 atom stereocenters. The Hall–Kier alpha value is -3.73. The SMILES string of the molecule is O=C(Cc1ccc(Cl)cc1)Nc1cccc(SCC(=O)Nc2nc(-c3cccc([N+](=O)[O-])c3)cs2)c1. The van der Waals surface area contributed by atoms with Gasteiger partial charge in [-0.2, -0.15) is 0 Å². The van der Waals surface area contributed by atoms with E-state index in [1.54, 1.807) is 35.7 Å². The molecule has 1 heterocycles. The second-order valence-corrected chi connectivity index (χ2v) is 9.90. The van der Waals surface area contributed by atoms with E-state index in [9.17, 15) is 19.7 Å². The maximum Gasteiger partial charge on any atom is 0.270 e. The van der Waals surface area contributed by atoms with Crippen molar-refractivity contribution in [2.75, 3.05) is 16.4 Å². The summed E-state index contributed by atoms with van der Waals surface area (Å²) in [7, 11) is 0. The van der Waals surface area contributed by atoms with Gasteiger partial charge < -0.3 is 10.6 Å². The van der Waals surface area contributed by atoms with Gasteiger partial charge in [0.2, 0.25) is 11.8 Å². The molecule has 0 aliphatic rings. The molecule has 4 aromatic rings. The number of rotatable bonds is 9. The molecule has 0 aliphatic carbocycles. The Kier molecular flexibility index (Phi) is 8.32. The van der Waals surface area contributed by atoms with Crippen LogP contribution < -0.4 is 10.6 Å². The Balaban J connectivity index is 1.29. The molecule has 11 heteroatoms. The second-order valence-electron chi connectivity index (χ2n) is 7.56. The van der Waals surface area contributed by atoms with E-state index < -0.39 is 4.92 Å². The van der Waals surface area contributed by atoms with Gasteiger partial charge in [-0.3, -0.25) is 19.7 Å². The highest BCUT2D eigenvalue weighted by molar-refractivity contribution is 8.00. The first-order valence-electron chi connectivity index (χ1n) is 10.6.